The molecule has 3 aromatic rings. The topological polar surface area (TPSA) is 69.1 Å². The van der Waals surface area contributed by atoms with Gasteiger partial charge >= 0.3 is 0 Å². The Morgan fingerprint density at radius 1 is 1.39 bits per heavy atom. The van der Waals surface area contributed by atoms with Crippen molar-refractivity contribution in [1.29, 1.82) is 0 Å². The van der Waals surface area contributed by atoms with Crippen LogP contribution in [0.2, 0.25) is 5.02 Å². The molecule has 0 fully saturated rings. The van der Waals surface area contributed by atoms with Crippen LogP contribution in [0.4, 0.5) is 0 Å². The van der Waals surface area contributed by atoms with Crippen molar-refractivity contribution < 1.29 is 9.47 Å². The number of ether oxygens (including phenoxy) is 2. The van der Waals surface area contributed by atoms with E-state index in [-0.39, 0.29) is 12.4 Å². The predicted molar refractivity (Wildman–Crippen MR) is 85.9 cm³/mol. The van der Waals surface area contributed by atoms with Gasteiger partial charge in [0.15, 0.2) is 6.79 Å². The zero-order valence-electron chi connectivity index (χ0n) is 12.4. The molecule has 1 aliphatic rings. The average molecular weight is 332 g/mol. The minimum atomic E-state index is -0.0971. The standard InChI is InChI=1S/C16H14ClN3O3/c1-9-2-13-15(19-9)18-7-20(16(13)21)5-10-3-12(17)4-11-6-22-8-23-14(10)11/h2-4,7,19H,5-6,8H2,1H3. The third-order valence-electron chi connectivity index (χ3n) is 3.84. The molecule has 0 amide bonds. The maximum absolute atomic E-state index is 12.6. The highest BCUT2D eigenvalue weighted by Crippen LogP contribution is 2.32. The summed E-state index contributed by atoms with van der Waals surface area (Å²) in [6.45, 7) is 2.89. The smallest absolute Gasteiger partial charge is 0.263 e. The van der Waals surface area contributed by atoms with Crippen molar-refractivity contribution in [1.82, 2.24) is 14.5 Å². The molecule has 0 bridgehead atoms. The number of hydrogen-bond donors (Lipinski definition) is 1. The molecule has 0 atom stereocenters. The van der Waals surface area contributed by atoms with Crippen LogP contribution in [-0.2, 0) is 17.9 Å². The molecule has 3 heterocycles. The summed E-state index contributed by atoms with van der Waals surface area (Å²) in [5.41, 5.74) is 3.13. The molecule has 0 saturated carbocycles. The summed E-state index contributed by atoms with van der Waals surface area (Å²) in [5, 5.41) is 1.16. The van der Waals surface area contributed by atoms with E-state index in [9.17, 15) is 4.79 Å². The van der Waals surface area contributed by atoms with Gasteiger partial charge in [-0.3, -0.25) is 9.36 Å². The van der Waals surface area contributed by atoms with Crippen LogP contribution in [0.1, 0.15) is 16.8 Å². The largest absolute Gasteiger partial charge is 0.467 e. The molecule has 6 nitrogen and oxygen atoms in total. The Morgan fingerprint density at radius 3 is 3.13 bits per heavy atom. The van der Waals surface area contributed by atoms with Gasteiger partial charge < -0.3 is 14.5 Å². The summed E-state index contributed by atoms with van der Waals surface area (Å²) in [6.07, 6.45) is 1.53. The second-order valence-corrected chi connectivity index (χ2v) is 5.99. The molecule has 0 radical (unpaired) electrons. The van der Waals surface area contributed by atoms with Gasteiger partial charge in [0.2, 0.25) is 0 Å². The summed E-state index contributed by atoms with van der Waals surface area (Å²) in [5.74, 6) is 0.734. The van der Waals surface area contributed by atoms with E-state index >= 15 is 0 Å². The van der Waals surface area contributed by atoms with Crippen molar-refractivity contribution in [2.45, 2.75) is 20.1 Å². The highest BCUT2D eigenvalue weighted by atomic mass is 35.5. The Labute approximate surface area is 136 Å². The van der Waals surface area contributed by atoms with Gasteiger partial charge in [-0.05, 0) is 25.1 Å². The monoisotopic (exact) mass is 331 g/mol. The van der Waals surface area contributed by atoms with Gasteiger partial charge in [-0.15, -0.1) is 0 Å². The molecule has 0 spiro atoms. The Kier molecular flexibility index (Phi) is 3.36. The molecule has 1 aromatic carbocycles. The van der Waals surface area contributed by atoms with Gasteiger partial charge in [-0.2, -0.15) is 0 Å². The van der Waals surface area contributed by atoms with Crippen LogP contribution >= 0.6 is 11.6 Å². The average Bonchev–Trinajstić information content (AvgIpc) is 2.91. The first kappa shape index (κ1) is 14.3. The van der Waals surface area contributed by atoms with Crippen molar-refractivity contribution in [2.24, 2.45) is 0 Å². The Balaban J connectivity index is 1.80. The summed E-state index contributed by atoms with van der Waals surface area (Å²) in [4.78, 5) is 20.0. The molecule has 4 rings (SSSR count). The molecule has 7 heteroatoms. The Bertz CT molecular complexity index is 961. The summed E-state index contributed by atoms with van der Waals surface area (Å²) >= 11 is 6.17. The van der Waals surface area contributed by atoms with E-state index in [1.165, 1.54) is 6.33 Å². The van der Waals surface area contributed by atoms with Crippen molar-refractivity contribution in [3.63, 3.8) is 0 Å². The fraction of sp³-hybridized carbons (Fsp3) is 0.250. The number of nitrogens with one attached hydrogen (secondary N) is 1. The first-order valence-electron chi connectivity index (χ1n) is 7.18. The van der Waals surface area contributed by atoms with E-state index in [1.54, 1.807) is 10.6 Å². The number of rotatable bonds is 2. The number of aryl methyl sites for hydroxylation is 1. The maximum atomic E-state index is 12.6. The van der Waals surface area contributed by atoms with E-state index in [0.717, 1.165) is 22.6 Å². The van der Waals surface area contributed by atoms with Crippen LogP contribution in [0, 0.1) is 6.92 Å². The highest BCUT2D eigenvalue weighted by Gasteiger charge is 2.17. The normalized spacial score (nSPS) is 13.8. The molecule has 118 valence electrons. The number of hydrogen-bond acceptors (Lipinski definition) is 4. The van der Waals surface area contributed by atoms with E-state index in [0.29, 0.717) is 29.2 Å². The highest BCUT2D eigenvalue weighted by molar-refractivity contribution is 6.30. The number of halogens is 1. The van der Waals surface area contributed by atoms with E-state index in [1.807, 2.05) is 19.1 Å². The van der Waals surface area contributed by atoms with Crippen LogP contribution in [0.15, 0.2) is 29.3 Å². The summed E-state index contributed by atoms with van der Waals surface area (Å²) < 4.78 is 12.4. The van der Waals surface area contributed by atoms with Crippen molar-refractivity contribution in [2.75, 3.05) is 6.79 Å². The third-order valence-corrected chi connectivity index (χ3v) is 4.06. The quantitative estimate of drug-likeness (QED) is 0.783. The Morgan fingerprint density at radius 2 is 2.26 bits per heavy atom. The SMILES string of the molecule is Cc1cc2c(=O)n(Cc3cc(Cl)cc4c3OCOC4)cnc2[nH]1. The number of fused-ring (bicyclic) bond motifs is 2. The van der Waals surface area contributed by atoms with Gasteiger partial charge in [0.1, 0.15) is 17.7 Å². The summed E-state index contributed by atoms with van der Waals surface area (Å²) in [7, 11) is 0. The second kappa shape index (κ2) is 5.40. The van der Waals surface area contributed by atoms with Gasteiger partial charge in [0.05, 0.1) is 18.5 Å². The number of nitrogens with zero attached hydrogens (tertiary/aromatic N) is 2. The van der Waals surface area contributed by atoms with Gasteiger partial charge in [-0.1, -0.05) is 11.6 Å². The Hall–Kier alpha value is -2.31. The predicted octanol–water partition coefficient (Wildman–Crippen LogP) is 2.60. The lowest BCUT2D eigenvalue weighted by molar-refractivity contribution is -0.0170. The van der Waals surface area contributed by atoms with E-state index in [4.69, 9.17) is 21.1 Å². The zero-order chi connectivity index (χ0) is 16.0. The number of H-pyrrole nitrogens is 1. The first-order chi connectivity index (χ1) is 11.1. The van der Waals surface area contributed by atoms with Gasteiger partial charge in [0, 0.05) is 21.8 Å². The lowest BCUT2D eigenvalue weighted by Crippen LogP contribution is -2.22. The third kappa shape index (κ3) is 2.50. The van der Waals surface area contributed by atoms with Crippen LogP contribution in [0.25, 0.3) is 11.0 Å². The molecule has 1 N–H and O–H groups in total. The fourth-order valence-electron chi connectivity index (χ4n) is 2.84. The van der Waals surface area contributed by atoms with Crippen molar-refractivity contribution in [3.8, 4) is 5.75 Å². The molecular formula is C16H14ClN3O3. The molecule has 1 aliphatic heterocycles. The lowest BCUT2D eigenvalue weighted by atomic mass is 10.1. The number of aromatic nitrogens is 3. The van der Waals surface area contributed by atoms with Crippen LogP contribution in [0.5, 0.6) is 5.75 Å². The number of aromatic amines is 1. The second-order valence-electron chi connectivity index (χ2n) is 5.56. The lowest BCUT2D eigenvalue weighted by Gasteiger charge is -2.21. The molecule has 0 saturated heterocycles. The molecule has 0 unspecified atom stereocenters. The minimum absolute atomic E-state index is 0.0971. The maximum Gasteiger partial charge on any atom is 0.263 e. The van der Waals surface area contributed by atoms with Gasteiger partial charge in [-0.25, -0.2) is 4.98 Å². The molecular weight excluding hydrogens is 318 g/mol. The molecule has 0 aliphatic carbocycles. The van der Waals surface area contributed by atoms with Crippen LogP contribution < -0.4 is 10.3 Å². The van der Waals surface area contributed by atoms with Crippen molar-refractivity contribution in [3.05, 3.63) is 56.7 Å². The molecule has 23 heavy (non-hydrogen) atoms. The fourth-order valence-corrected chi connectivity index (χ4v) is 3.11. The van der Waals surface area contributed by atoms with Crippen LogP contribution in [-0.4, -0.2) is 21.3 Å². The number of benzene rings is 1. The van der Waals surface area contributed by atoms with E-state index in [2.05, 4.69) is 9.97 Å². The first-order valence-corrected chi connectivity index (χ1v) is 7.56. The van der Waals surface area contributed by atoms with Crippen LogP contribution in [0.3, 0.4) is 0 Å². The zero-order valence-corrected chi connectivity index (χ0v) is 13.2. The minimum Gasteiger partial charge on any atom is -0.467 e. The van der Waals surface area contributed by atoms with Gasteiger partial charge in [0.25, 0.3) is 5.56 Å². The van der Waals surface area contributed by atoms with E-state index < -0.39 is 0 Å². The van der Waals surface area contributed by atoms with Crippen molar-refractivity contribution >= 4 is 22.6 Å². The molecule has 2 aromatic heterocycles. The summed E-state index contributed by atoms with van der Waals surface area (Å²) in [6, 6.07) is 5.43.